The lowest BCUT2D eigenvalue weighted by Crippen LogP contribution is -2.46. The topological polar surface area (TPSA) is 49.9 Å². The van der Waals surface area contributed by atoms with Crippen molar-refractivity contribution >= 4 is 11.9 Å². The van der Waals surface area contributed by atoms with Crippen molar-refractivity contribution in [1.82, 2.24) is 9.80 Å². The van der Waals surface area contributed by atoms with E-state index in [4.69, 9.17) is 4.74 Å². The van der Waals surface area contributed by atoms with Crippen molar-refractivity contribution in [3.05, 3.63) is 35.4 Å². The maximum atomic E-state index is 13.4. The molecule has 0 aromatic heterocycles. The van der Waals surface area contributed by atoms with Crippen molar-refractivity contribution in [3.63, 3.8) is 0 Å². The largest absolute Gasteiger partial charge is 0.458 e. The van der Waals surface area contributed by atoms with Gasteiger partial charge in [0.1, 0.15) is 5.60 Å². The highest BCUT2D eigenvalue weighted by Crippen LogP contribution is 2.46. The Morgan fingerprint density at radius 2 is 1.81 bits per heavy atom. The van der Waals surface area contributed by atoms with Crippen LogP contribution >= 0.6 is 0 Å². The quantitative estimate of drug-likeness (QED) is 0.734. The van der Waals surface area contributed by atoms with Crippen LogP contribution in [0.4, 0.5) is 0 Å². The number of esters is 1. The molecule has 1 spiro atoms. The number of amides is 1. The predicted octanol–water partition coefficient (Wildman–Crippen LogP) is 2.76. The molecule has 1 saturated heterocycles. The first-order valence-corrected chi connectivity index (χ1v) is 9.60. The number of hydrogen-bond donors (Lipinski definition) is 0. The standard InChI is InChI=1S/C21H30N2O3/c1-16-6-8-17(9-7-16)15-23(13-12-22(2)3)20(25)18-14-19(24)26-21(18)10-4-5-11-21/h6-9,18H,4-5,10-15H2,1-3H3. The Kier molecular flexibility index (Phi) is 5.66. The van der Waals surface area contributed by atoms with Gasteiger partial charge in [-0.05, 0) is 52.3 Å². The van der Waals surface area contributed by atoms with Gasteiger partial charge in [0, 0.05) is 19.6 Å². The summed E-state index contributed by atoms with van der Waals surface area (Å²) in [4.78, 5) is 29.4. The molecule has 0 bridgehead atoms. The molecule has 2 aliphatic rings. The van der Waals surface area contributed by atoms with E-state index >= 15 is 0 Å². The third-order valence-corrected chi connectivity index (χ3v) is 5.69. The fourth-order valence-corrected chi connectivity index (χ4v) is 4.15. The normalized spacial score (nSPS) is 21.4. The third-order valence-electron chi connectivity index (χ3n) is 5.69. The minimum Gasteiger partial charge on any atom is -0.458 e. The summed E-state index contributed by atoms with van der Waals surface area (Å²) in [6.07, 6.45) is 3.94. The average Bonchev–Trinajstić information content (AvgIpc) is 3.19. The van der Waals surface area contributed by atoms with Crippen LogP contribution in [-0.4, -0.2) is 54.5 Å². The first kappa shape index (κ1) is 18.9. The van der Waals surface area contributed by atoms with Gasteiger partial charge in [-0.1, -0.05) is 29.8 Å². The lowest BCUT2D eigenvalue weighted by molar-refractivity contribution is -0.151. The molecule has 1 unspecified atom stereocenters. The molecule has 3 rings (SSSR count). The minimum absolute atomic E-state index is 0.0696. The molecule has 1 saturated carbocycles. The summed E-state index contributed by atoms with van der Waals surface area (Å²) in [6, 6.07) is 8.30. The van der Waals surface area contributed by atoms with Crippen LogP contribution in [0, 0.1) is 12.8 Å². The molecular weight excluding hydrogens is 328 g/mol. The fraction of sp³-hybridized carbons (Fsp3) is 0.619. The van der Waals surface area contributed by atoms with E-state index < -0.39 is 5.60 Å². The molecule has 5 nitrogen and oxygen atoms in total. The van der Waals surface area contributed by atoms with E-state index in [9.17, 15) is 9.59 Å². The predicted molar refractivity (Wildman–Crippen MR) is 101 cm³/mol. The summed E-state index contributed by atoms with van der Waals surface area (Å²) in [5.74, 6) is -0.474. The Balaban J connectivity index is 1.79. The SMILES string of the molecule is Cc1ccc(CN(CCN(C)C)C(=O)C2CC(=O)OC23CCCC3)cc1. The van der Waals surface area contributed by atoms with E-state index in [2.05, 4.69) is 36.1 Å². The number of nitrogens with zero attached hydrogens (tertiary/aromatic N) is 2. The van der Waals surface area contributed by atoms with Crippen LogP contribution in [0.5, 0.6) is 0 Å². The lowest BCUT2D eigenvalue weighted by atomic mass is 9.84. The van der Waals surface area contributed by atoms with Crippen LogP contribution in [0.1, 0.15) is 43.2 Å². The van der Waals surface area contributed by atoms with E-state index in [1.807, 2.05) is 19.0 Å². The Bertz CT molecular complexity index is 648. The van der Waals surface area contributed by atoms with Crippen LogP contribution in [-0.2, 0) is 20.9 Å². The lowest BCUT2D eigenvalue weighted by Gasteiger charge is -2.33. The maximum absolute atomic E-state index is 13.4. The van der Waals surface area contributed by atoms with E-state index in [0.29, 0.717) is 13.1 Å². The molecule has 1 aromatic rings. The second-order valence-corrected chi connectivity index (χ2v) is 8.05. The molecule has 2 fully saturated rings. The highest BCUT2D eigenvalue weighted by Gasteiger charge is 2.54. The fourth-order valence-electron chi connectivity index (χ4n) is 4.15. The van der Waals surface area contributed by atoms with Crippen LogP contribution in [0.15, 0.2) is 24.3 Å². The van der Waals surface area contributed by atoms with Crippen LogP contribution < -0.4 is 0 Å². The number of aryl methyl sites for hydroxylation is 1. The molecule has 1 aromatic carbocycles. The van der Waals surface area contributed by atoms with Gasteiger partial charge >= 0.3 is 5.97 Å². The molecule has 26 heavy (non-hydrogen) atoms. The average molecular weight is 358 g/mol. The molecule has 1 aliphatic carbocycles. The molecule has 1 aliphatic heterocycles. The van der Waals surface area contributed by atoms with Crippen molar-refractivity contribution in [3.8, 4) is 0 Å². The molecule has 5 heteroatoms. The van der Waals surface area contributed by atoms with E-state index in [-0.39, 0.29) is 24.2 Å². The monoisotopic (exact) mass is 358 g/mol. The molecule has 1 heterocycles. The summed E-state index contributed by atoms with van der Waals surface area (Å²) in [5, 5.41) is 0. The van der Waals surface area contributed by atoms with Gasteiger partial charge in [0.05, 0.1) is 12.3 Å². The van der Waals surface area contributed by atoms with Crippen molar-refractivity contribution in [2.45, 2.75) is 51.2 Å². The molecule has 0 N–H and O–H groups in total. The summed E-state index contributed by atoms with van der Waals surface area (Å²) < 4.78 is 5.69. The van der Waals surface area contributed by atoms with Gasteiger partial charge in [-0.25, -0.2) is 0 Å². The Hall–Kier alpha value is -1.88. The molecule has 142 valence electrons. The van der Waals surface area contributed by atoms with Crippen molar-refractivity contribution in [2.24, 2.45) is 5.92 Å². The number of carbonyl (C=O) groups is 2. The first-order valence-electron chi connectivity index (χ1n) is 9.60. The second kappa shape index (κ2) is 7.78. The number of likely N-dealkylation sites (N-methyl/N-ethyl adjacent to an activating group) is 1. The highest BCUT2D eigenvalue weighted by atomic mass is 16.6. The number of benzene rings is 1. The number of carbonyl (C=O) groups excluding carboxylic acids is 2. The Morgan fingerprint density at radius 1 is 1.15 bits per heavy atom. The van der Waals surface area contributed by atoms with Gasteiger partial charge < -0.3 is 14.5 Å². The van der Waals surface area contributed by atoms with Crippen LogP contribution in [0.3, 0.4) is 0 Å². The summed E-state index contributed by atoms with van der Waals surface area (Å²) in [5.41, 5.74) is 1.78. The highest BCUT2D eigenvalue weighted by molar-refractivity contribution is 5.88. The minimum atomic E-state index is -0.544. The molecule has 0 radical (unpaired) electrons. The van der Waals surface area contributed by atoms with Crippen molar-refractivity contribution in [2.75, 3.05) is 27.2 Å². The van der Waals surface area contributed by atoms with E-state index in [1.54, 1.807) is 0 Å². The van der Waals surface area contributed by atoms with Crippen LogP contribution in [0.25, 0.3) is 0 Å². The van der Waals surface area contributed by atoms with Crippen molar-refractivity contribution in [1.29, 1.82) is 0 Å². The zero-order valence-corrected chi connectivity index (χ0v) is 16.2. The smallest absolute Gasteiger partial charge is 0.307 e. The number of rotatable bonds is 6. The zero-order valence-electron chi connectivity index (χ0n) is 16.2. The Morgan fingerprint density at radius 3 is 2.42 bits per heavy atom. The van der Waals surface area contributed by atoms with Gasteiger partial charge in [-0.3, -0.25) is 9.59 Å². The van der Waals surface area contributed by atoms with Gasteiger partial charge in [-0.15, -0.1) is 0 Å². The third kappa shape index (κ3) is 4.09. The van der Waals surface area contributed by atoms with E-state index in [0.717, 1.165) is 37.8 Å². The Labute approximate surface area is 156 Å². The van der Waals surface area contributed by atoms with E-state index in [1.165, 1.54) is 5.56 Å². The summed E-state index contributed by atoms with van der Waals surface area (Å²) in [6.45, 7) is 4.09. The summed E-state index contributed by atoms with van der Waals surface area (Å²) in [7, 11) is 4.02. The zero-order chi connectivity index (χ0) is 18.7. The van der Waals surface area contributed by atoms with Gasteiger partial charge in [0.25, 0.3) is 0 Å². The first-order chi connectivity index (χ1) is 12.4. The van der Waals surface area contributed by atoms with Gasteiger partial charge in [0.2, 0.25) is 5.91 Å². The summed E-state index contributed by atoms with van der Waals surface area (Å²) >= 11 is 0. The van der Waals surface area contributed by atoms with Gasteiger partial charge in [0.15, 0.2) is 0 Å². The molecule has 1 amide bonds. The van der Waals surface area contributed by atoms with Crippen molar-refractivity contribution < 1.29 is 14.3 Å². The second-order valence-electron chi connectivity index (χ2n) is 8.05. The van der Waals surface area contributed by atoms with Gasteiger partial charge in [-0.2, -0.15) is 0 Å². The van der Waals surface area contributed by atoms with Crippen LogP contribution in [0.2, 0.25) is 0 Å². The maximum Gasteiger partial charge on any atom is 0.307 e. The number of hydrogen-bond acceptors (Lipinski definition) is 4. The number of ether oxygens (including phenoxy) is 1. The molecule has 1 atom stereocenters. The molecular formula is C21H30N2O3.